The Morgan fingerprint density at radius 3 is 2.62 bits per heavy atom. The monoisotopic (exact) mass is 344 g/mol. The quantitative estimate of drug-likeness (QED) is 0.876. The van der Waals surface area contributed by atoms with Crippen LogP contribution in [-0.2, 0) is 4.79 Å². The zero-order valence-electron chi connectivity index (χ0n) is 13.4. The highest BCUT2D eigenvalue weighted by Gasteiger charge is 2.25. The van der Waals surface area contributed by atoms with Crippen LogP contribution in [0, 0.1) is 0 Å². The highest BCUT2D eigenvalue weighted by molar-refractivity contribution is 6.30. The summed E-state index contributed by atoms with van der Waals surface area (Å²) in [6.45, 7) is 1.67. The largest absolute Gasteiger partial charge is 0.388 e. The van der Waals surface area contributed by atoms with Crippen molar-refractivity contribution >= 4 is 23.2 Å². The standard InChI is InChI=1S/C19H21ClN2O2/c20-15-6-8-17(9-7-15)22-11-10-16(13-22)21-19(24)12-18(23)14-4-2-1-3-5-14/h1-9,16,18,23H,10-13H2,(H,21,24). The summed E-state index contributed by atoms with van der Waals surface area (Å²) in [4.78, 5) is 14.4. The Balaban J connectivity index is 1.50. The van der Waals surface area contributed by atoms with Crippen molar-refractivity contribution in [2.24, 2.45) is 0 Å². The molecule has 0 aromatic heterocycles. The predicted octanol–water partition coefficient (Wildman–Crippen LogP) is 3.16. The number of benzene rings is 2. The van der Waals surface area contributed by atoms with Crippen molar-refractivity contribution in [2.45, 2.75) is 25.0 Å². The van der Waals surface area contributed by atoms with E-state index in [9.17, 15) is 9.90 Å². The van der Waals surface area contributed by atoms with Crippen molar-refractivity contribution in [1.82, 2.24) is 5.32 Å². The molecular weight excluding hydrogens is 324 g/mol. The van der Waals surface area contributed by atoms with E-state index in [1.54, 1.807) is 0 Å². The Hall–Kier alpha value is -2.04. The Morgan fingerprint density at radius 1 is 1.21 bits per heavy atom. The number of nitrogens with zero attached hydrogens (tertiary/aromatic N) is 1. The van der Waals surface area contributed by atoms with Crippen LogP contribution in [0.15, 0.2) is 54.6 Å². The van der Waals surface area contributed by atoms with E-state index in [0.29, 0.717) is 0 Å². The number of aliphatic hydroxyl groups is 1. The Kier molecular flexibility index (Phi) is 5.38. The molecule has 1 aliphatic rings. The smallest absolute Gasteiger partial charge is 0.223 e. The highest BCUT2D eigenvalue weighted by Crippen LogP contribution is 2.23. The normalized spacial score (nSPS) is 18.4. The molecule has 1 fully saturated rings. The summed E-state index contributed by atoms with van der Waals surface area (Å²) in [6.07, 6.45) is 0.219. The third-order valence-corrected chi connectivity index (χ3v) is 4.56. The lowest BCUT2D eigenvalue weighted by molar-refractivity contribution is -0.123. The molecule has 126 valence electrons. The summed E-state index contributed by atoms with van der Waals surface area (Å²) in [6, 6.07) is 17.1. The average molecular weight is 345 g/mol. The van der Waals surface area contributed by atoms with E-state index in [4.69, 9.17) is 11.6 Å². The minimum Gasteiger partial charge on any atom is -0.388 e. The second kappa shape index (κ2) is 7.69. The van der Waals surface area contributed by atoms with E-state index in [2.05, 4.69) is 10.2 Å². The summed E-state index contributed by atoms with van der Waals surface area (Å²) < 4.78 is 0. The molecule has 2 aromatic carbocycles. The molecule has 2 atom stereocenters. The van der Waals surface area contributed by atoms with E-state index in [1.807, 2.05) is 54.6 Å². The molecule has 2 unspecified atom stereocenters. The molecule has 2 aromatic rings. The molecule has 1 heterocycles. The Bertz CT molecular complexity index is 676. The molecular formula is C19H21ClN2O2. The van der Waals surface area contributed by atoms with Gasteiger partial charge in [-0.25, -0.2) is 0 Å². The second-order valence-electron chi connectivity index (χ2n) is 6.11. The molecule has 0 saturated carbocycles. The third-order valence-electron chi connectivity index (χ3n) is 4.31. The van der Waals surface area contributed by atoms with Crippen molar-refractivity contribution in [2.75, 3.05) is 18.0 Å². The number of aliphatic hydroxyl groups excluding tert-OH is 1. The number of hydrogen-bond acceptors (Lipinski definition) is 3. The van der Waals surface area contributed by atoms with Crippen LogP contribution in [0.2, 0.25) is 5.02 Å². The molecule has 3 rings (SSSR count). The van der Waals surface area contributed by atoms with E-state index in [1.165, 1.54) is 0 Å². The van der Waals surface area contributed by atoms with Gasteiger partial charge < -0.3 is 15.3 Å². The van der Waals surface area contributed by atoms with Crippen molar-refractivity contribution in [3.63, 3.8) is 0 Å². The Morgan fingerprint density at radius 2 is 1.92 bits per heavy atom. The summed E-state index contributed by atoms with van der Waals surface area (Å²) in [7, 11) is 0. The fourth-order valence-corrected chi connectivity index (χ4v) is 3.15. The maximum absolute atomic E-state index is 12.2. The topological polar surface area (TPSA) is 52.6 Å². The molecule has 24 heavy (non-hydrogen) atoms. The molecule has 4 nitrogen and oxygen atoms in total. The number of hydrogen-bond donors (Lipinski definition) is 2. The van der Waals surface area contributed by atoms with Gasteiger partial charge in [0, 0.05) is 29.8 Å². The van der Waals surface area contributed by atoms with Gasteiger partial charge in [0.15, 0.2) is 0 Å². The summed E-state index contributed by atoms with van der Waals surface area (Å²) in [5.41, 5.74) is 1.88. The van der Waals surface area contributed by atoms with Gasteiger partial charge in [-0.1, -0.05) is 41.9 Å². The lowest BCUT2D eigenvalue weighted by Gasteiger charge is -2.19. The summed E-state index contributed by atoms with van der Waals surface area (Å²) in [5.74, 6) is -0.116. The molecule has 0 bridgehead atoms. The van der Waals surface area contributed by atoms with Crippen LogP contribution < -0.4 is 10.2 Å². The SMILES string of the molecule is O=C(CC(O)c1ccccc1)NC1CCN(c2ccc(Cl)cc2)C1. The molecule has 2 N–H and O–H groups in total. The van der Waals surface area contributed by atoms with Crippen LogP contribution in [0.5, 0.6) is 0 Å². The first-order chi connectivity index (χ1) is 11.6. The van der Waals surface area contributed by atoms with Gasteiger partial charge in [0.25, 0.3) is 0 Å². The van der Waals surface area contributed by atoms with Crippen LogP contribution in [0.3, 0.4) is 0 Å². The van der Waals surface area contributed by atoms with Gasteiger partial charge in [-0.2, -0.15) is 0 Å². The maximum atomic E-state index is 12.2. The molecule has 1 saturated heterocycles. The number of amides is 1. The van der Waals surface area contributed by atoms with Crippen molar-refractivity contribution < 1.29 is 9.90 Å². The average Bonchev–Trinajstić information content (AvgIpc) is 3.04. The fourth-order valence-electron chi connectivity index (χ4n) is 3.02. The molecule has 1 amide bonds. The lowest BCUT2D eigenvalue weighted by Crippen LogP contribution is -2.37. The summed E-state index contributed by atoms with van der Waals surface area (Å²) >= 11 is 5.92. The number of carbonyl (C=O) groups is 1. The number of nitrogens with one attached hydrogen (secondary N) is 1. The first-order valence-corrected chi connectivity index (χ1v) is 8.52. The van der Waals surface area contributed by atoms with Gasteiger partial charge in [-0.05, 0) is 36.2 Å². The molecule has 0 spiro atoms. The van der Waals surface area contributed by atoms with Crippen LogP contribution in [0.1, 0.15) is 24.5 Å². The number of carbonyl (C=O) groups excluding carboxylic acids is 1. The number of halogens is 1. The summed E-state index contributed by atoms with van der Waals surface area (Å²) in [5, 5.41) is 13.9. The zero-order chi connectivity index (χ0) is 16.9. The van der Waals surface area contributed by atoms with E-state index >= 15 is 0 Å². The first-order valence-electron chi connectivity index (χ1n) is 8.15. The fraction of sp³-hybridized carbons (Fsp3) is 0.316. The zero-order valence-corrected chi connectivity index (χ0v) is 14.1. The second-order valence-corrected chi connectivity index (χ2v) is 6.54. The van der Waals surface area contributed by atoms with Gasteiger partial charge in [0.05, 0.1) is 12.5 Å². The van der Waals surface area contributed by atoms with Crippen molar-refractivity contribution in [1.29, 1.82) is 0 Å². The molecule has 1 aliphatic heterocycles. The Labute approximate surface area is 147 Å². The van der Waals surface area contributed by atoms with Crippen LogP contribution in [-0.4, -0.2) is 30.1 Å². The van der Waals surface area contributed by atoms with Crippen molar-refractivity contribution in [3.05, 3.63) is 65.2 Å². The van der Waals surface area contributed by atoms with Crippen molar-refractivity contribution in [3.8, 4) is 0 Å². The van der Waals surface area contributed by atoms with Gasteiger partial charge in [0.2, 0.25) is 5.91 Å². The molecule has 5 heteroatoms. The van der Waals surface area contributed by atoms with Gasteiger partial charge in [-0.15, -0.1) is 0 Å². The predicted molar refractivity (Wildman–Crippen MR) is 96.2 cm³/mol. The number of rotatable bonds is 5. The van der Waals surface area contributed by atoms with E-state index in [-0.39, 0.29) is 18.4 Å². The highest BCUT2D eigenvalue weighted by atomic mass is 35.5. The third kappa shape index (κ3) is 4.28. The maximum Gasteiger partial charge on any atom is 0.223 e. The van der Waals surface area contributed by atoms with Crippen LogP contribution in [0.4, 0.5) is 5.69 Å². The minimum atomic E-state index is -0.764. The van der Waals surface area contributed by atoms with E-state index < -0.39 is 6.10 Å². The van der Waals surface area contributed by atoms with Gasteiger partial charge >= 0.3 is 0 Å². The van der Waals surface area contributed by atoms with Crippen LogP contribution >= 0.6 is 11.6 Å². The lowest BCUT2D eigenvalue weighted by atomic mass is 10.1. The van der Waals surface area contributed by atoms with E-state index in [0.717, 1.165) is 35.8 Å². The van der Waals surface area contributed by atoms with Crippen LogP contribution in [0.25, 0.3) is 0 Å². The van der Waals surface area contributed by atoms with Gasteiger partial charge in [0.1, 0.15) is 0 Å². The minimum absolute atomic E-state index is 0.0848. The first kappa shape index (κ1) is 16.8. The molecule has 0 aliphatic carbocycles. The molecule has 0 radical (unpaired) electrons. The number of anilines is 1. The van der Waals surface area contributed by atoms with Gasteiger partial charge in [-0.3, -0.25) is 4.79 Å².